The number of benzene rings is 5. The van der Waals surface area contributed by atoms with E-state index in [-0.39, 0.29) is 65.1 Å². The molecule has 5 aromatic rings. The topological polar surface area (TPSA) is 568 Å². The Labute approximate surface area is 671 Å². The number of likely N-dealkylation sites (N-methyl/N-ethyl adjacent to an activating group) is 1. The SMILES string of the molecule is CCCCCCCCS(=O)(=O)NCCN[C@@]1(C)C[C@H](O[C@H]2[C@H](Oc3c4cc5cc3Oc3ccc(cc3Cl)[C@@H](O)[C@@H](NC(=O)[C@@H](CC(C)C)NC)C(=O)N[C@@H](CC(N)=O)C(=O)N[C@H]5C(=O)N[C@H]3C(=O)N[C@H](C(=O)N[C@H](C(=O)O)c5cc(O)cc(O)c5-c5cc3ccc5O)[C@H](O)c3ccc(c(Cl)c3)O4)O[C@H](CN)[C@@H](O)[C@@H]2O)O[C@@H](C)[C@H]1O. The van der Waals surface area contributed by atoms with Crippen LogP contribution in [0, 0.1) is 5.92 Å². The van der Waals surface area contributed by atoms with Crippen molar-refractivity contribution in [1.82, 2.24) is 47.3 Å². The summed E-state index contributed by atoms with van der Waals surface area (Å²) in [5.41, 5.74) is 7.78. The molecular formula is C76H97Cl2N11O25S. The highest BCUT2D eigenvalue weighted by Gasteiger charge is 2.52. The van der Waals surface area contributed by atoms with Crippen LogP contribution in [0.2, 0.25) is 10.0 Å². The van der Waals surface area contributed by atoms with Gasteiger partial charge in [-0.3, -0.25) is 33.6 Å². The largest absolute Gasteiger partial charge is 0.508 e. The van der Waals surface area contributed by atoms with E-state index in [0.717, 1.165) is 98.8 Å². The Morgan fingerprint density at radius 1 is 0.704 bits per heavy atom. The predicted molar refractivity (Wildman–Crippen MR) is 410 cm³/mol. The number of aromatic hydroxyl groups is 3. The summed E-state index contributed by atoms with van der Waals surface area (Å²) in [6.07, 6.45) is -13.4. The molecule has 12 rings (SSSR count). The molecule has 5 aromatic carbocycles. The average Bonchev–Trinajstić information content (AvgIpc) is 0.758. The number of unbranched alkanes of at least 4 members (excludes halogenated alkanes) is 5. The molecule has 7 amide bonds. The number of hydrogen-bond donors (Lipinski definition) is 20. The Balaban J connectivity index is 1.16. The first-order valence-corrected chi connectivity index (χ1v) is 39.8. The van der Waals surface area contributed by atoms with Gasteiger partial charge in [0.25, 0.3) is 0 Å². The zero-order chi connectivity index (χ0) is 83.8. The number of halogens is 2. The van der Waals surface area contributed by atoms with Crippen LogP contribution in [0.4, 0.5) is 0 Å². The van der Waals surface area contributed by atoms with Crippen molar-refractivity contribution in [1.29, 1.82) is 0 Å². The van der Waals surface area contributed by atoms with Crippen molar-refractivity contribution in [3.05, 3.63) is 117 Å². The van der Waals surface area contributed by atoms with Crippen molar-refractivity contribution in [2.24, 2.45) is 17.4 Å². The second kappa shape index (κ2) is 37.8. The zero-order valence-corrected chi connectivity index (χ0v) is 65.8. The third kappa shape index (κ3) is 20.8. The number of hydrogen-bond acceptors (Lipinski definition) is 27. The van der Waals surface area contributed by atoms with E-state index in [1.54, 1.807) is 6.92 Å². The Morgan fingerprint density at radius 2 is 1.32 bits per heavy atom. The van der Waals surface area contributed by atoms with E-state index in [4.69, 9.17) is 63.1 Å². The molecule has 7 heterocycles. The maximum atomic E-state index is 16.2. The van der Waals surface area contributed by atoms with Crippen LogP contribution in [0.1, 0.15) is 151 Å². The molecular weight excluding hydrogens is 1570 g/mol. The number of aliphatic hydroxyl groups excluding tert-OH is 5. The number of nitrogens with two attached hydrogens (primary N) is 2. The summed E-state index contributed by atoms with van der Waals surface area (Å²) in [5, 5.41) is 125. The number of carbonyl (C=O) groups excluding carboxylic acids is 7. The van der Waals surface area contributed by atoms with Gasteiger partial charge >= 0.3 is 5.97 Å². The molecule has 0 radical (unpaired) electrons. The van der Waals surface area contributed by atoms with Crippen LogP contribution >= 0.6 is 23.2 Å². The van der Waals surface area contributed by atoms with E-state index in [9.17, 15) is 78.3 Å². The first-order chi connectivity index (χ1) is 54.4. The number of nitrogens with one attached hydrogen (secondary N) is 9. The summed E-state index contributed by atoms with van der Waals surface area (Å²) in [4.78, 5) is 118. The third-order valence-electron chi connectivity index (χ3n) is 20.5. The molecule has 115 heavy (non-hydrogen) atoms. The number of carboxylic acids is 1. The molecule has 626 valence electrons. The van der Waals surface area contributed by atoms with Gasteiger partial charge in [-0.25, -0.2) is 17.9 Å². The number of fused-ring (bicyclic) bond motifs is 15. The number of rotatable bonds is 25. The maximum Gasteiger partial charge on any atom is 0.330 e. The monoisotopic (exact) mass is 1670 g/mol. The lowest BCUT2D eigenvalue weighted by Crippen LogP contribution is -2.66. The summed E-state index contributed by atoms with van der Waals surface area (Å²) in [6, 6.07) is -0.694. The van der Waals surface area contributed by atoms with Crippen LogP contribution < -0.4 is 72.9 Å². The third-order valence-corrected chi connectivity index (χ3v) is 22.6. The van der Waals surface area contributed by atoms with Gasteiger partial charge < -0.3 is 128 Å². The molecule has 22 N–H and O–H groups in total. The molecule has 0 aromatic heterocycles. The number of aliphatic hydroxyl groups is 5. The van der Waals surface area contributed by atoms with Gasteiger partial charge in [0.2, 0.25) is 63.4 Å². The molecule has 0 saturated carbocycles. The number of phenols is 3. The average molecular weight is 1670 g/mol. The fourth-order valence-electron chi connectivity index (χ4n) is 14.4. The molecule has 18 atom stereocenters. The molecule has 36 nitrogen and oxygen atoms in total. The molecule has 0 spiro atoms. The van der Waals surface area contributed by atoms with Gasteiger partial charge in [-0.2, -0.15) is 0 Å². The fraction of sp³-hybridized carbons (Fsp3) is 0.500. The summed E-state index contributed by atoms with van der Waals surface area (Å²) in [7, 11) is -2.22. The Hall–Kier alpha value is -9.29. The zero-order valence-electron chi connectivity index (χ0n) is 63.5. The van der Waals surface area contributed by atoms with Crippen molar-refractivity contribution in [2.45, 2.75) is 202 Å². The van der Waals surface area contributed by atoms with Gasteiger partial charge in [0.1, 0.15) is 89.5 Å². The minimum atomic E-state index is -3.70. The Morgan fingerprint density at radius 3 is 1.94 bits per heavy atom. The lowest BCUT2D eigenvalue weighted by atomic mass is 9.85. The molecule has 0 aliphatic carbocycles. The first kappa shape index (κ1) is 88.1. The van der Waals surface area contributed by atoms with Crippen molar-refractivity contribution in [3.8, 4) is 57.1 Å². The smallest absolute Gasteiger partial charge is 0.330 e. The second-order valence-electron chi connectivity index (χ2n) is 29.6. The van der Waals surface area contributed by atoms with Crippen LogP contribution in [0.15, 0.2) is 78.9 Å². The predicted octanol–water partition coefficient (Wildman–Crippen LogP) is 1.98. The quantitative estimate of drug-likeness (QED) is 0.0371. The number of aliphatic carboxylic acids is 1. The number of sulfonamides is 1. The number of phenolic OH excluding ortho intramolecular Hbond substituents is 3. The normalized spacial score (nSPS) is 27.5. The number of carboxylic acid groups (broad SMARTS) is 1. The number of ether oxygens (including phenoxy) is 6. The van der Waals surface area contributed by atoms with Crippen LogP contribution in [-0.2, 0) is 62.6 Å². The van der Waals surface area contributed by atoms with E-state index >= 15 is 14.4 Å². The van der Waals surface area contributed by atoms with Crippen molar-refractivity contribution in [2.75, 3.05) is 32.4 Å². The van der Waals surface area contributed by atoms with Gasteiger partial charge in [-0.1, -0.05) is 94.3 Å². The second-order valence-corrected chi connectivity index (χ2v) is 32.3. The van der Waals surface area contributed by atoms with Crippen LogP contribution in [0.25, 0.3) is 11.1 Å². The number of amides is 7. The fourth-order valence-corrected chi connectivity index (χ4v) is 16.0. The van der Waals surface area contributed by atoms with Gasteiger partial charge in [0.15, 0.2) is 29.9 Å². The molecule has 2 saturated heterocycles. The Bertz CT molecular complexity index is 4570. The van der Waals surface area contributed by atoms with Crippen LogP contribution in [-0.4, -0.2) is 213 Å². The van der Waals surface area contributed by atoms with Crippen molar-refractivity contribution >= 4 is 80.5 Å². The highest BCUT2D eigenvalue weighted by Crippen LogP contribution is 2.50. The molecule has 0 unspecified atom stereocenters. The highest BCUT2D eigenvalue weighted by molar-refractivity contribution is 7.89. The molecule has 7 aliphatic heterocycles. The summed E-state index contributed by atoms with van der Waals surface area (Å²) in [5.74, 6) is -16.1. The minimum absolute atomic E-state index is 0.00912. The van der Waals surface area contributed by atoms with E-state index in [1.807, 2.05) is 13.8 Å². The van der Waals surface area contributed by atoms with E-state index in [1.165, 1.54) is 26.1 Å². The summed E-state index contributed by atoms with van der Waals surface area (Å²) in [6.45, 7) is 8.25. The van der Waals surface area contributed by atoms with Crippen LogP contribution in [0.5, 0.6) is 46.0 Å². The standard InChI is InChI=1S/C76H97Cl2N11O25S/c1-7-8-9-10-11-12-21-115(107,108)83-20-19-82-76(5)31-54(109-34(4)67(76)98)113-66-64(97)63(96)52(32-79)112-75(66)114-65-50-26-38-27-51(65)111-49-18-15-37(25-43(49)78)62(95)60-73(104)87-58(74(105)106)41-28-39(90)29-47(92)55(41)40-23-35(13-16-46(40)91)56(70(101)89-60)86-71(102)57(38)85-69(100)45(30-53(80)93)84-72(103)59(88-68(99)44(81-6)22-33(2)3)61(94)36-14-17-48(110-50)42(77)24-36/h13-18,23-29,33-34,44-45,52,54,56-64,66-67,75,81-83,90-92,94-98H,7-12,19-22,30-32,79H2,1-6H3,(H2,80,93)(H,84,103)(H,85,100)(H,86,102)(H,87,104)(H,88,99)(H,89,101)(H,105,106)/t34-,44+,45-,52+,54-,56+,57+,58-,59+,60-,61+,62+,63+,64-,66+,67+,75-,76-/m0/s1. The first-order valence-electron chi connectivity index (χ1n) is 37.4. The van der Waals surface area contributed by atoms with Crippen LogP contribution in [0.3, 0.4) is 0 Å². The molecule has 2 fully saturated rings. The molecule has 7 aliphatic rings. The van der Waals surface area contributed by atoms with Crippen molar-refractivity contribution in [3.63, 3.8) is 0 Å². The highest BCUT2D eigenvalue weighted by atomic mass is 35.5. The lowest BCUT2D eigenvalue weighted by Gasteiger charge is -2.48. The van der Waals surface area contributed by atoms with Gasteiger partial charge in [-0.15, -0.1) is 0 Å². The van der Waals surface area contributed by atoms with Crippen molar-refractivity contribution < 1.29 is 121 Å². The minimum Gasteiger partial charge on any atom is -0.508 e. The molecule has 11 bridgehead atoms. The van der Waals surface area contributed by atoms with Gasteiger partial charge in [-0.05, 0) is 117 Å². The van der Waals surface area contributed by atoms with E-state index in [0.29, 0.717) is 6.42 Å². The molecule has 39 heteroatoms. The van der Waals surface area contributed by atoms with Gasteiger partial charge in [0, 0.05) is 54.4 Å². The van der Waals surface area contributed by atoms with Gasteiger partial charge in [0.05, 0.1) is 40.5 Å². The maximum absolute atomic E-state index is 16.2. The van der Waals surface area contributed by atoms with E-state index < -0.39 is 247 Å². The summed E-state index contributed by atoms with van der Waals surface area (Å²) < 4.78 is 68.1. The Kier molecular flexibility index (Phi) is 28.9. The summed E-state index contributed by atoms with van der Waals surface area (Å²) >= 11 is 14.3. The lowest BCUT2D eigenvalue weighted by molar-refractivity contribution is -0.331. The number of primary amides is 1. The number of carbonyl (C=O) groups is 8. The van der Waals surface area contributed by atoms with E-state index in [2.05, 4.69) is 54.2 Å².